The molecule has 0 aliphatic rings. The number of para-hydroxylation sites is 1. The maximum atomic E-state index is 5.90. The Morgan fingerprint density at radius 1 is 1.44 bits per heavy atom. The Labute approximate surface area is 110 Å². The van der Waals surface area contributed by atoms with E-state index in [9.17, 15) is 0 Å². The van der Waals surface area contributed by atoms with Crippen molar-refractivity contribution in [2.75, 3.05) is 20.2 Å². The number of ether oxygens (including phenoxy) is 1. The maximum absolute atomic E-state index is 5.90. The van der Waals surface area contributed by atoms with Gasteiger partial charge in [0.2, 0.25) is 0 Å². The van der Waals surface area contributed by atoms with Crippen LogP contribution in [0.3, 0.4) is 0 Å². The summed E-state index contributed by atoms with van der Waals surface area (Å²) < 4.78 is 5.38. The molecule has 0 radical (unpaired) electrons. The first-order chi connectivity index (χ1) is 8.65. The predicted molar refractivity (Wildman–Crippen MR) is 77.0 cm³/mol. The molecule has 0 fully saturated rings. The molecule has 0 aromatic heterocycles. The summed E-state index contributed by atoms with van der Waals surface area (Å²) in [6, 6.07) is 8.07. The van der Waals surface area contributed by atoms with E-state index in [2.05, 4.69) is 24.9 Å². The van der Waals surface area contributed by atoms with Gasteiger partial charge in [-0.25, -0.2) is 0 Å². The first-order valence-corrected chi connectivity index (χ1v) is 6.33. The van der Waals surface area contributed by atoms with Crippen molar-refractivity contribution >= 4 is 0 Å². The van der Waals surface area contributed by atoms with Gasteiger partial charge in [0.15, 0.2) is 0 Å². The maximum Gasteiger partial charge on any atom is 0.122 e. The number of benzene rings is 1. The number of hydrogen-bond donors (Lipinski definition) is 2. The van der Waals surface area contributed by atoms with Crippen LogP contribution in [0.4, 0.5) is 0 Å². The largest absolute Gasteiger partial charge is 0.496 e. The third-order valence-corrected chi connectivity index (χ3v) is 3.12. The molecule has 0 aliphatic carbocycles. The number of nitrogens with one attached hydrogen (secondary N) is 1. The molecule has 0 spiro atoms. The Kier molecular flexibility index (Phi) is 5.89. The van der Waals surface area contributed by atoms with Crippen LogP contribution >= 0.6 is 0 Å². The summed E-state index contributed by atoms with van der Waals surface area (Å²) in [7, 11) is 1.70. The van der Waals surface area contributed by atoms with Gasteiger partial charge in [-0.3, -0.25) is 0 Å². The topological polar surface area (TPSA) is 47.3 Å². The summed E-state index contributed by atoms with van der Waals surface area (Å²) in [5, 5.41) is 3.49. The minimum Gasteiger partial charge on any atom is -0.496 e. The first-order valence-electron chi connectivity index (χ1n) is 6.33. The minimum atomic E-state index is -0.113. The van der Waals surface area contributed by atoms with Gasteiger partial charge < -0.3 is 15.8 Å². The van der Waals surface area contributed by atoms with Crippen molar-refractivity contribution in [3.8, 4) is 5.75 Å². The van der Waals surface area contributed by atoms with Crippen LogP contribution in [0.2, 0.25) is 0 Å². The molecule has 0 saturated heterocycles. The third-order valence-electron chi connectivity index (χ3n) is 3.12. The zero-order valence-electron chi connectivity index (χ0n) is 11.4. The van der Waals surface area contributed by atoms with Gasteiger partial charge >= 0.3 is 0 Å². The van der Waals surface area contributed by atoms with Crippen molar-refractivity contribution in [2.45, 2.75) is 25.3 Å². The zero-order chi connectivity index (χ0) is 13.4. The van der Waals surface area contributed by atoms with Gasteiger partial charge in [0.1, 0.15) is 5.75 Å². The SMILES string of the molecule is C=CCCNC(C)(CN)Cc1ccccc1OC. The van der Waals surface area contributed by atoms with E-state index < -0.39 is 0 Å². The molecular formula is C15H24N2O. The molecule has 1 rings (SSSR count). The van der Waals surface area contributed by atoms with Gasteiger partial charge in [0.25, 0.3) is 0 Å². The molecule has 100 valence electrons. The summed E-state index contributed by atoms with van der Waals surface area (Å²) in [6.07, 6.45) is 3.71. The van der Waals surface area contributed by atoms with Crippen molar-refractivity contribution in [3.63, 3.8) is 0 Å². The highest BCUT2D eigenvalue weighted by Crippen LogP contribution is 2.22. The lowest BCUT2D eigenvalue weighted by Gasteiger charge is -2.30. The van der Waals surface area contributed by atoms with Crippen LogP contribution in [0.15, 0.2) is 36.9 Å². The van der Waals surface area contributed by atoms with Crippen LogP contribution < -0.4 is 15.8 Å². The van der Waals surface area contributed by atoms with E-state index in [0.717, 1.165) is 25.1 Å². The number of hydrogen-bond acceptors (Lipinski definition) is 3. The molecule has 0 heterocycles. The van der Waals surface area contributed by atoms with E-state index in [-0.39, 0.29) is 5.54 Å². The van der Waals surface area contributed by atoms with E-state index in [1.54, 1.807) is 7.11 Å². The van der Waals surface area contributed by atoms with E-state index in [4.69, 9.17) is 10.5 Å². The van der Waals surface area contributed by atoms with Crippen LogP contribution in [-0.2, 0) is 6.42 Å². The van der Waals surface area contributed by atoms with Crippen molar-refractivity contribution < 1.29 is 4.74 Å². The first kappa shape index (κ1) is 14.7. The molecule has 18 heavy (non-hydrogen) atoms. The Morgan fingerprint density at radius 3 is 2.78 bits per heavy atom. The Morgan fingerprint density at radius 2 is 2.17 bits per heavy atom. The van der Waals surface area contributed by atoms with Crippen molar-refractivity contribution in [1.29, 1.82) is 0 Å². The Bertz CT molecular complexity index is 379. The molecule has 0 saturated carbocycles. The smallest absolute Gasteiger partial charge is 0.122 e. The highest BCUT2D eigenvalue weighted by atomic mass is 16.5. The molecule has 0 aliphatic heterocycles. The van der Waals surface area contributed by atoms with Crippen LogP contribution in [0.25, 0.3) is 0 Å². The molecule has 1 unspecified atom stereocenters. The van der Waals surface area contributed by atoms with Crippen LogP contribution in [0, 0.1) is 0 Å². The van der Waals surface area contributed by atoms with Crippen molar-refractivity contribution in [2.24, 2.45) is 5.73 Å². The monoisotopic (exact) mass is 248 g/mol. The van der Waals surface area contributed by atoms with Crippen LogP contribution in [0.1, 0.15) is 18.9 Å². The van der Waals surface area contributed by atoms with Gasteiger partial charge in [-0.1, -0.05) is 24.3 Å². The zero-order valence-corrected chi connectivity index (χ0v) is 11.4. The minimum absolute atomic E-state index is 0.113. The molecule has 0 bridgehead atoms. The molecule has 3 heteroatoms. The average molecular weight is 248 g/mol. The van der Waals surface area contributed by atoms with Crippen molar-refractivity contribution in [3.05, 3.63) is 42.5 Å². The van der Waals surface area contributed by atoms with E-state index in [1.807, 2.05) is 24.3 Å². The molecule has 1 atom stereocenters. The second kappa shape index (κ2) is 7.19. The van der Waals surface area contributed by atoms with E-state index in [0.29, 0.717) is 6.54 Å². The second-order valence-corrected chi connectivity index (χ2v) is 4.76. The third kappa shape index (κ3) is 4.17. The lowest BCUT2D eigenvalue weighted by molar-refractivity contribution is 0.353. The van der Waals surface area contributed by atoms with Crippen LogP contribution in [0.5, 0.6) is 5.75 Å². The van der Waals surface area contributed by atoms with Gasteiger partial charge in [0.05, 0.1) is 7.11 Å². The number of rotatable bonds is 8. The average Bonchev–Trinajstić information content (AvgIpc) is 2.40. The molecule has 3 nitrogen and oxygen atoms in total. The summed E-state index contributed by atoms with van der Waals surface area (Å²) in [4.78, 5) is 0. The quantitative estimate of drug-likeness (QED) is 0.547. The van der Waals surface area contributed by atoms with Crippen molar-refractivity contribution in [1.82, 2.24) is 5.32 Å². The normalized spacial score (nSPS) is 13.9. The van der Waals surface area contributed by atoms with E-state index in [1.165, 1.54) is 5.56 Å². The number of methoxy groups -OCH3 is 1. The lowest BCUT2D eigenvalue weighted by atomic mass is 9.92. The fraction of sp³-hybridized carbons (Fsp3) is 0.467. The Balaban J connectivity index is 2.74. The molecule has 3 N–H and O–H groups in total. The number of nitrogens with two attached hydrogens (primary N) is 1. The molecule has 0 amide bonds. The molecule has 1 aromatic rings. The highest BCUT2D eigenvalue weighted by molar-refractivity contribution is 5.34. The standard InChI is InChI=1S/C15H24N2O/c1-4-5-10-17-15(2,12-16)11-13-8-6-7-9-14(13)18-3/h4,6-9,17H,1,5,10-12,16H2,2-3H3. The summed E-state index contributed by atoms with van der Waals surface area (Å²) in [5.74, 6) is 0.919. The van der Waals surface area contributed by atoms with Gasteiger partial charge in [-0.15, -0.1) is 6.58 Å². The summed E-state index contributed by atoms with van der Waals surface area (Å²) in [5.41, 5.74) is 6.97. The lowest BCUT2D eigenvalue weighted by Crippen LogP contribution is -2.50. The van der Waals surface area contributed by atoms with Crippen LogP contribution in [-0.4, -0.2) is 25.7 Å². The fourth-order valence-electron chi connectivity index (χ4n) is 1.95. The fourth-order valence-corrected chi connectivity index (χ4v) is 1.95. The highest BCUT2D eigenvalue weighted by Gasteiger charge is 2.23. The Hall–Kier alpha value is -1.32. The summed E-state index contributed by atoms with van der Waals surface area (Å²) >= 11 is 0. The molecule has 1 aromatic carbocycles. The van der Waals surface area contributed by atoms with Gasteiger partial charge in [0, 0.05) is 12.1 Å². The van der Waals surface area contributed by atoms with E-state index >= 15 is 0 Å². The van der Waals surface area contributed by atoms with Gasteiger partial charge in [-0.05, 0) is 37.9 Å². The molecular weight excluding hydrogens is 224 g/mol. The predicted octanol–water partition coefficient (Wildman–Crippen LogP) is 2.12. The van der Waals surface area contributed by atoms with Gasteiger partial charge in [-0.2, -0.15) is 0 Å². The summed E-state index contributed by atoms with van der Waals surface area (Å²) in [6.45, 7) is 7.35. The second-order valence-electron chi connectivity index (χ2n) is 4.76.